The highest BCUT2D eigenvalue weighted by atomic mass is 32.1. The van der Waals surface area contributed by atoms with E-state index in [1.807, 2.05) is 6.07 Å². The molecule has 4 N–H and O–H groups in total. The molecule has 4 rings (SSSR count). The summed E-state index contributed by atoms with van der Waals surface area (Å²) in [5, 5.41) is 30.9. The number of carbonyl (C=O) groups is 2. The molecule has 1 saturated heterocycles. The SMILES string of the molecule is CCC1CNCCN1c1nc(-c2ccc(OC)c(CCCO)c2)cc2ccsc12.O=C(O)C(=O)O. The predicted molar refractivity (Wildman–Crippen MR) is 137 cm³/mol. The third-order valence-electron chi connectivity index (χ3n) is 5.87. The largest absolute Gasteiger partial charge is 0.496 e. The first-order valence-corrected chi connectivity index (χ1v) is 12.4. The zero-order valence-electron chi connectivity index (χ0n) is 19.9. The number of thiophene rings is 1. The van der Waals surface area contributed by atoms with Gasteiger partial charge in [0.05, 0.1) is 17.5 Å². The van der Waals surface area contributed by atoms with Crippen molar-refractivity contribution in [1.29, 1.82) is 0 Å². The Labute approximate surface area is 208 Å². The van der Waals surface area contributed by atoms with E-state index in [1.54, 1.807) is 18.4 Å². The Morgan fingerprint density at radius 2 is 2.00 bits per heavy atom. The zero-order chi connectivity index (χ0) is 25.4. The number of fused-ring (bicyclic) bond motifs is 1. The summed E-state index contributed by atoms with van der Waals surface area (Å²) in [4.78, 5) is 25.8. The van der Waals surface area contributed by atoms with Crippen LogP contribution in [0, 0.1) is 0 Å². The smallest absolute Gasteiger partial charge is 0.414 e. The van der Waals surface area contributed by atoms with Crippen molar-refractivity contribution in [2.24, 2.45) is 0 Å². The molecule has 35 heavy (non-hydrogen) atoms. The number of aliphatic hydroxyl groups is 1. The van der Waals surface area contributed by atoms with Crippen LogP contribution in [0.1, 0.15) is 25.3 Å². The van der Waals surface area contributed by atoms with Crippen LogP contribution in [-0.4, -0.2) is 71.6 Å². The van der Waals surface area contributed by atoms with Crippen LogP contribution >= 0.6 is 11.3 Å². The maximum Gasteiger partial charge on any atom is 0.414 e. The van der Waals surface area contributed by atoms with Gasteiger partial charge in [0.15, 0.2) is 0 Å². The third-order valence-corrected chi connectivity index (χ3v) is 6.80. The molecule has 2 aromatic heterocycles. The number of nitrogens with one attached hydrogen (secondary N) is 1. The van der Waals surface area contributed by atoms with E-state index in [9.17, 15) is 5.11 Å². The van der Waals surface area contributed by atoms with Crippen LogP contribution in [0.4, 0.5) is 5.82 Å². The fourth-order valence-electron chi connectivity index (χ4n) is 4.11. The Balaban J connectivity index is 0.000000509. The number of aliphatic hydroxyl groups excluding tert-OH is 1. The Hall–Kier alpha value is -3.21. The van der Waals surface area contributed by atoms with Crippen molar-refractivity contribution < 1.29 is 29.6 Å². The van der Waals surface area contributed by atoms with Gasteiger partial charge in [-0.2, -0.15) is 0 Å². The maximum atomic E-state index is 9.24. The number of anilines is 1. The van der Waals surface area contributed by atoms with Crippen LogP contribution in [0.25, 0.3) is 21.3 Å². The highest BCUT2D eigenvalue weighted by Gasteiger charge is 2.24. The molecule has 1 unspecified atom stereocenters. The fraction of sp³-hybridized carbons (Fsp3) is 0.400. The monoisotopic (exact) mass is 501 g/mol. The molecule has 3 aromatic rings. The van der Waals surface area contributed by atoms with Gasteiger partial charge < -0.3 is 30.3 Å². The van der Waals surface area contributed by atoms with Crippen molar-refractivity contribution in [1.82, 2.24) is 10.3 Å². The molecule has 0 radical (unpaired) electrons. The Morgan fingerprint density at radius 1 is 1.23 bits per heavy atom. The Morgan fingerprint density at radius 3 is 2.66 bits per heavy atom. The predicted octanol–water partition coefficient (Wildman–Crippen LogP) is 3.24. The first kappa shape index (κ1) is 26.4. The van der Waals surface area contributed by atoms with Crippen molar-refractivity contribution in [3.05, 3.63) is 41.3 Å². The molecular formula is C25H31N3O6S. The van der Waals surface area contributed by atoms with Gasteiger partial charge in [0.1, 0.15) is 11.6 Å². The lowest BCUT2D eigenvalue weighted by Crippen LogP contribution is -2.51. The van der Waals surface area contributed by atoms with Gasteiger partial charge in [0, 0.05) is 37.8 Å². The number of carboxylic acid groups (broad SMARTS) is 2. The lowest BCUT2D eigenvalue weighted by Gasteiger charge is -2.37. The van der Waals surface area contributed by atoms with Gasteiger partial charge in [-0.25, -0.2) is 14.6 Å². The van der Waals surface area contributed by atoms with E-state index in [-0.39, 0.29) is 6.61 Å². The number of hydrogen-bond donors (Lipinski definition) is 4. The summed E-state index contributed by atoms with van der Waals surface area (Å²) in [6, 6.07) is 11.1. The molecular weight excluding hydrogens is 470 g/mol. The van der Waals surface area contributed by atoms with Gasteiger partial charge in [-0.15, -0.1) is 11.3 Å². The van der Waals surface area contributed by atoms with E-state index in [0.717, 1.165) is 67.3 Å². The number of rotatable bonds is 7. The lowest BCUT2D eigenvalue weighted by molar-refractivity contribution is -0.159. The molecule has 0 aliphatic carbocycles. The van der Waals surface area contributed by atoms with Gasteiger partial charge in [-0.05, 0) is 65.9 Å². The number of piperazine rings is 1. The summed E-state index contributed by atoms with van der Waals surface area (Å²) in [5.74, 6) is -1.68. The summed E-state index contributed by atoms with van der Waals surface area (Å²) in [6.07, 6.45) is 2.61. The molecule has 0 spiro atoms. The number of hydrogen-bond acceptors (Lipinski definition) is 8. The molecule has 1 aliphatic heterocycles. The van der Waals surface area contributed by atoms with Gasteiger partial charge in [0.25, 0.3) is 0 Å². The number of methoxy groups -OCH3 is 1. The van der Waals surface area contributed by atoms with Crippen LogP contribution in [-0.2, 0) is 16.0 Å². The van der Waals surface area contributed by atoms with E-state index in [0.29, 0.717) is 6.04 Å². The van der Waals surface area contributed by atoms with Crippen molar-refractivity contribution in [2.45, 2.75) is 32.2 Å². The number of aryl methyl sites for hydroxylation is 1. The highest BCUT2D eigenvalue weighted by molar-refractivity contribution is 7.17. The number of pyridine rings is 1. The van der Waals surface area contributed by atoms with Crippen molar-refractivity contribution >= 4 is 39.2 Å². The Bertz CT molecular complexity index is 1150. The van der Waals surface area contributed by atoms with Gasteiger partial charge in [-0.3, -0.25) is 0 Å². The van der Waals surface area contributed by atoms with Crippen LogP contribution < -0.4 is 15.0 Å². The summed E-state index contributed by atoms with van der Waals surface area (Å²) in [5.41, 5.74) is 3.20. The molecule has 188 valence electrons. The molecule has 0 bridgehead atoms. The van der Waals surface area contributed by atoms with Crippen LogP contribution in [0.2, 0.25) is 0 Å². The van der Waals surface area contributed by atoms with Crippen molar-refractivity contribution in [2.75, 3.05) is 38.3 Å². The van der Waals surface area contributed by atoms with Gasteiger partial charge in [0.2, 0.25) is 0 Å². The van der Waals surface area contributed by atoms with E-state index in [4.69, 9.17) is 29.5 Å². The molecule has 10 heteroatoms. The van der Waals surface area contributed by atoms with E-state index in [1.165, 1.54) is 10.1 Å². The Kier molecular flexibility index (Phi) is 9.41. The van der Waals surface area contributed by atoms with Gasteiger partial charge in [-0.1, -0.05) is 6.92 Å². The number of aliphatic carboxylic acids is 2. The zero-order valence-corrected chi connectivity index (χ0v) is 20.7. The third kappa shape index (κ3) is 6.47. The fourth-order valence-corrected chi connectivity index (χ4v) is 4.99. The lowest BCUT2D eigenvalue weighted by atomic mass is 10.0. The second-order valence-corrected chi connectivity index (χ2v) is 9.01. The topological polar surface area (TPSA) is 132 Å². The number of nitrogens with zero attached hydrogens (tertiary/aromatic N) is 2. The average molecular weight is 502 g/mol. The number of carboxylic acids is 2. The summed E-state index contributed by atoms with van der Waals surface area (Å²) in [6.45, 7) is 5.40. The van der Waals surface area contributed by atoms with Crippen LogP contribution in [0.5, 0.6) is 5.75 Å². The second kappa shape index (κ2) is 12.5. The molecule has 0 saturated carbocycles. The summed E-state index contributed by atoms with van der Waals surface area (Å²) in [7, 11) is 1.69. The van der Waals surface area contributed by atoms with Crippen molar-refractivity contribution in [3.8, 4) is 17.0 Å². The first-order valence-electron chi connectivity index (χ1n) is 11.5. The average Bonchev–Trinajstić information content (AvgIpc) is 3.36. The van der Waals surface area contributed by atoms with Gasteiger partial charge >= 0.3 is 11.9 Å². The minimum Gasteiger partial charge on any atom is -0.496 e. The standard InChI is InChI=1S/C23H29N3O2S.C2H2O4/c1-3-19-15-24-9-10-26(19)23-22-18(8-12-29-22)14-20(25-23)16-6-7-21(28-2)17(13-16)5-4-11-27;3-1(4)2(5)6/h6-8,12-14,19,24,27H,3-5,9-11,15H2,1-2H3;(H,3,4)(H,5,6). The number of benzene rings is 1. The maximum absolute atomic E-state index is 9.24. The highest BCUT2D eigenvalue weighted by Crippen LogP contribution is 2.36. The number of aromatic nitrogens is 1. The molecule has 1 aliphatic rings. The quantitative estimate of drug-likeness (QED) is 0.360. The molecule has 1 aromatic carbocycles. The summed E-state index contributed by atoms with van der Waals surface area (Å²) < 4.78 is 6.79. The van der Waals surface area contributed by atoms with Crippen LogP contribution in [0.3, 0.4) is 0 Å². The van der Waals surface area contributed by atoms with E-state index >= 15 is 0 Å². The minimum absolute atomic E-state index is 0.179. The molecule has 1 fully saturated rings. The first-order chi connectivity index (χ1) is 16.9. The van der Waals surface area contributed by atoms with E-state index in [2.05, 4.69) is 46.8 Å². The molecule has 0 amide bonds. The van der Waals surface area contributed by atoms with E-state index < -0.39 is 11.9 Å². The molecule has 1 atom stereocenters. The van der Waals surface area contributed by atoms with Crippen LogP contribution in [0.15, 0.2) is 35.7 Å². The molecule has 9 nitrogen and oxygen atoms in total. The summed E-state index contributed by atoms with van der Waals surface area (Å²) >= 11 is 1.77. The number of ether oxygens (including phenoxy) is 1. The molecule has 3 heterocycles. The second-order valence-electron chi connectivity index (χ2n) is 8.09. The normalized spacial score (nSPS) is 15.4. The van der Waals surface area contributed by atoms with Crippen molar-refractivity contribution in [3.63, 3.8) is 0 Å². The minimum atomic E-state index is -1.82.